The van der Waals surface area contributed by atoms with E-state index in [0.29, 0.717) is 65.5 Å². The van der Waals surface area contributed by atoms with Gasteiger partial charge in [0.15, 0.2) is 5.82 Å². The molecule has 2 fully saturated rings. The molecule has 2 aliphatic rings. The Hall–Kier alpha value is -3.33. The summed E-state index contributed by atoms with van der Waals surface area (Å²) >= 11 is 6.33. The molecule has 2 aromatic heterocycles. The molecule has 1 saturated heterocycles. The average molecular weight is 512 g/mol. The summed E-state index contributed by atoms with van der Waals surface area (Å²) in [4.78, 5) is 27.4. The summed E-state index contributed by atoms with van der Waals surface area (Å²) in [5.41, 5.74) is 1.45. The van der Waals surface area contributed by atoms with E-state index in [0.717, 1.165) is 5.69 Å². The van der Waals surface area contributed by atoms with Crippen LogP contribution in [0.3, 0.4) is 0 Å². The quantitative estimate of drug-likeness (QED) is 0.437. The van der Waals surface area contributed by atoms with Crippen molar-refractivity contribution in [3.63, 3.8) is 0 Å². The fourth-order valence-corrected chi connectivity index (χ4v) is 4.15. The standard InChI is InChI=1S/C26H30ClN5O4/c1-26(2,3)36-25(33)32-9-8-19(13-32)35-22-7-6-21-23(31-22)24(29-15-28-21)30-18-10-17(27)11-20(12-18)34-14-16-4-5-16/h6-7,10-12,15-16,19H,4-5,8-9,13-14H2,1-3H3,(H,28,29,30)/t19-/m0/s1. The molecule has 1 aliphatic carbocycles. The molecule has 190 valence electrons. The SMILES string of the molecule is CC(C)(C)OC(=O)N1CC[C@H](Oc2ccc3ncnc(Nc4cc(Cl)cc(OCC5CC5)c4)c3n2)C1. The second-order valence-corrected chi connectivity index (χ2v) is 10.7. The van der Waals surface area contributed by atoms with E-state index < -0.39 is 5.60 Å². The van der Waals surface area contributed by atoms with Gasteiger partial charge in [-0.2, -0.15) is 0 Å². The summed E-state index contributed by atoms with van der Waals surface area (Å²) in [5.74, 6) is 2.33. The van der Waals surface area contributed by atoms with Gasteiger partial charge in [0.25, 0.3) is 0 Å². The predicted molar refractivity (Wildman–Crippen MR) is 137 cm³/mol. The number of fused-ring (bicyclic) bond motifs is 1. The lowest BCUT2D eigenvalue weighted by Gasteiger charge is -2.24. The van der Waals surface area contributed by atoms with Gasteiger partial charge in [-0.05, 0) is 57.7 Å². The van der Waals surface area contributed by atoms with Crippen molar-refractivity contribution >= 4 is 40.2 Å². The van der Waals surface area contributed by atoms with Crippen LogP contribution in [-0.2, 0) is 4.74 Å². The summed E-state index contributed by atoms with van der Waals surface area (Å²) in [6, 6.07) is 9.13. The second kappa shape index (κ2) is 9.97. The maximum Gasteiger partial charge on any atom is 0.410 e. The van der Waals surface area contributed by atoms with E-state index in [2.05, 4.69) is 20.3 Å². The number of benzene rings is 1. The number of nitrogens with zero attached hydrogens (tertiary/aromatic N) is 4. The van der Waals surface area contributed by atoms with Gasteiger partial charge in [-0.15, -0.1) is 0 Å². The van der Waals surface area contributed by atoms with Gasteiger partial charge in [-0.25, -0.2) is 19.7 Å². The second-order valence-electron chi connectivity index (χ2n) is 10.2. The monoisotopic (exact) mass is 511 g/mol. The van der Waals surface area contributed by atoms with Crippen molar-refractivity contribution in [2.45, 2.75) is 51.7 Å². The van der Waals surface area contributed by atoms with E-state index in [1.807, 2.05) is 39.0 Å². The fourth-order valence-electron chi connectivity index (χ4n) is 3.92. The minimum Gasteiger partial charge on any atom is -0.493 e. The third-order valence-electron chi connectivity index (χ3n) is 5.86. The van der Waals surface area contributed by atoms with Crippen LogP contribution in [0.5, 0.6) is 11.6 Å². The Balaban J connectivity index is 1.29. The molecule has 0 unspecified atom stereocenters. The zero-order chi connectivity index (χ0) is 25.3. The molecule has 0 bridgehead atoms. The van der Waals surface area contributed by atoms with Gasteiger partial charge in [-0.3, -0.25) is 0 Å². The molecule has 0 spiro atoms. The zero-order valence-corrected chi connectivity index (χ0v) is 21.4. The van der Waals surface area contributed by atoms with E-state index in [4.69, 9.17) is 25.8 Å². The van der Waals surface area contributed by atoms with Crippen molar-refractivity contribution in [3.8, 4) is 11.6 Å². The first-order valence-electron chi connectivity index (χ1n) is 12.2. The Bertz CT molecular complexity index is 1260. The highest BCUT2D eigenvalue weighted by Gasteiger charge is 2.31. The van der Waals surface area contributed by atoms with E-state index in [1.54, 1.807) is 17.0 Å². The lowest BCUT2D eigenvalue weighted by Crippen LogP contribution is -2.36. The van der Waals surface area contributed by atoms with E-state index in [1.165, 1.54) is 19.2 Å². The average Bonchev–Trinajstić information content (AvgIpc) is 3.53. The maximum absolute atomic E-state index is 12.4. The van der Waals surface area contributed by atoms with Gasteiger partial charge < -0.3 is 24.4 Å². The third kappa shape index (κ3) is 6.26. The van der Waals surface area contributed by atoms with Crippen LogP contribution in [0.1, 0.15) is 40.0 Å². The first-order valence-corrected chi connectivity index (χ1v) is 12.6. The van der Waals surface area contributed by atoms with Crippen molar-refractivity contribution in [3.05, 3.63) is 41.7 Å². The van der Waals surface area contributed by atoms with Gasteiger partial charge in [0, 0.05) is 35.8 Å². The molecule has 10 heteroatoms. The number of hydrogen-bond acceptors (Lipinski definition) is 8. The topological polar surface area (TPSA) is 98.7 Å². The highest BCUT2D eigenvalue weighted by atomic mass is 35.5. The Morgan fingerprint density at radius 2 is 2.00 bits per heavy atom. The molecular weight excluding hydrogens is 482 g/mol. The number of halogens is 1. The van der Waals surface area contributed by atoms with Gasteiger partial charge in [0.2, 0.25) is 5.88 Å². The molecular formula is C26H30ClN5O4. The molecule has 36 heavy (non-hydrogen) atoms. The molecule has 3 heterocycles. The third-order valence-corrected chi connectivity index (χ3v) is 6.08. The number of carbonyl (C=O) groups excluding carboxylic acids is 1. The largest absolute Gasteiger partial charge is 0.493 e. The lowest BCUT2D eigenvalue weighted by atomic mass is 10.2. The Morgan fingerprint density at radius 1 is 1.17 bits per heavy atom. The molecule has 3 aromatic rings. The number of amides is 1. The zero-order valence-electron chi connectivity index (χ0n) is 20.7. The Kier molecular flexibility index (Phi) is 6.75. The van der Waals surface area contributed by atoms with E-state index >= 15 is 0 Å². The van der Waals surface area contributed by atoms with Crippen molar-refractivity contribution in [1.82, 2.24) is 19.9 Å². The molecule has 1 atom stereocenters. The fraction of sp³-hybridized carbons (Fsp3) is 0.462. The molecule has 1 aliphatic heterocycles. The number of pyridine rings is 1. The summed E-state index contributed by atoms with van der Waals surface area (Å²) in [5, 5.41) is 3.86. The van der Waals surface area contributed by atoms with Crippen molar-refractivity contribution < 1.29 is 19.0 Å². The minimum atomic E-state index is -0.535. The minimum absolute atomic E-state index is 0.178. The maximum atomic E-state index is 12.4. The van der Waals surface area contributed by atoms with Gasteiger partial charge in [-0.1, -0.05) is 11.6 Å². The number of aromatic nitrogens is 3. The summed E-state index contributed by atoms with van der Waals surface area (Å²) in [7, 11) is 0. The van der Waals surface area contributed by atoms with Crippen LogP contribution in [0, 0.1) is 5.92 Å². The number of hydrogen-bond donors (Lipinski definition) is 1. The van der Waals surface area contributed by atoms with Crippen molar-refractivity contribution in [2.24, 2.45) is 5.92 Å². The summed E-state index contributed by atoms with van der Waals surface area (Å²) in [6.07, 6.45) is 4.10. The van der Waals surface area contributed by atoms with Gasteiger partial charge in [0.05, 0.1) is 18.7 Å². The molecule has 5 rings (SSSR count). The van der Waals surface area contributed by atoms with E-state index in [-0.39, 0.29) is 12.2 Å². The highest BCUT2D eigenvalue weighted by molar-refractivity contribution is 6.31. The van der Waals surface area contributed by atoms with Crippen molar-refractivity contribution in [1.29, 1.82) is 0 Å². The summed E-state index contributed by atoms with van der Waals surface area (Å²) in [6.45, 7) is 7.28. The molecule has 1 aromatic carbocycles. The predicted octanol–water partition coefficient (Wildman–Crippen LogP) is 5.60. The van der Waals surface area contributed by atoms with Crippen molar-refractivity contribution in [2.75, 3.05) is 25.0 Å². The number of carbonyl (C=O) groups is 1. The number of ether oxygens (including phenoxy) is 3. The van der Waals surface area contributed by atoms with Crippen LogP contribution >= 0.6 is 11.6 Å². The van der Waals surface area contributed by atoms with Crippen LogP contribution in [-0.4, -0.2) is 57.3 Å². The summed E-state index contributed by atoms with van der Waals surface area (Å²) < 4.78 is 17.5. The van der Waals surface area contributed by atoms with Crippen LogP contribution in [0.15, 0.2) is 36.7 Å². The molecule has 0 radical (unpaired) electrons. The Morgan fingerprint density at radius 3 is 2.78 bits per heavy atom. The lowest BCUT2D eigenvalue weighted by molar-refractivity contribution is 0.0275. The van der Waals surface area contributed by atoms with Crippen LogP contribution in [0.4, 0.5) is 16.3 Å². The highest BCUT2D eigenvalue weighted by Crippen LogP contribution is 2.32. The van der Waals surface area contributed by atoms with Crippen LogP contribution < -0.4 is 14.8 Å². The molecule has 1 saturated carbocycles. The van der Waals surface area contributed by atoms with Gasteiger partial charge in [0.1, 0.15) is 29.3 Å². The number of rotatable bonds is 7. The number of nitrogens with one attached hydrogen (secondary N) is 1. The Labute approximate surface area is 215 Å². The van der Waals surface area contributed by atoms with E-state index in [9.17, 15) is 4.79 Å². The molecule has 1 amide bonds. The number of likely N-dealkylation sites (tertiary alicyclic amines) is 1. The first kappa shape index (κ1) is 24.4. The van der Waals surface area contributed by atoms with Gasteiger partial charge >= 0.3 is 6.09 Å². The van der Waals surface area contributed by atoms with Crippen LogP contribution in [0.25, 0.3) is 11.0 Å². The molecule has 9 nitrogen and oxygen atoms in total. The molecule has 1 N–H and O–H groups in total. The smallest absolute Gasteiger partial charge is 0.410 e. The van der Waals surface area contributed by atoms with Crippen LogP contribution in [0.2, 0.25) is 5.02 Å². The normalized spacial score (nSPS) is 17.8. The number of anilines is 2. The first-order chi connectivity index (χ1) is 17.2.